The van der Waals surface area contributed by atoms with Crippen molar-refractivity contribution in [3.63, 3.8) is 0 Å². The molecule has 108 valence electrons. The molecule has 0 aliphatic carbocycles. The van der Waals surface area contributed by atoms with Gasteiger partial charge in [0.15, 0.2) is 5.16 Å². The number of thioether (sulfide) groups is 1. The lowest BCUT2D eigenvalue weighted by Crippen LogP contribution is -2.29. The summed E-state index contributed by atoms with van der Waals surface area (Å²) in [6.07, 6.45) is 6.14. The molecule has 6 nitrogen and oxygen atoms in total. The van der Waals surface area contributed by atoms with Gasteiger partial charge in [-0.2, -0.15) is 0 Å². The molecule has 0 aromatic carbocycles. The lowest BCUT2D eigenvalue weighted by molar-refractivity contribution is 0.436. The zero-order valence-electron chi connectivity index (χ0n) is 11.9. The number of nitrogens with one attached hydrogen (secondary N) is 1. The van der Waals surface area contributed by atoms with E-state index in [0.717, 1.165) is 29.8 Å². The van der Waals surface area contributed by atoms with Gasteiger partial charge in [-0.1, -0.05) is 11.8 Å². The van der Waals surface area contributed by atoms with Gasteiger partial charge in [-0.3, -0.25) is 0 Å². The molecular formula is C13H20N6S. The molecule has 1 aliphatic rings. The van der Waals surface area contributed by atoms with Crippen LogP contribution < -0.4 is 5.32 Å². The van der Waals surface area contributed by atoms with Crippen molar-refractivity contribution in [2.45, 2.75) is 29.7 Å². The summed E-state index contributed by atoms with van der Waals surface area (Å²) in [7, 11) is 4.08. The number of nitrogens with zero attached hydrogens (tertiary/aromatic N) is 5. The Kier molecular flexibility index (Phi) is 4.07. The molecule has 2 aromatic heterocycles. The molecule has 1 aliphatic heterocycles. The van der Waals surface area contributed by atoms with Crippen molar-refractivity contribution in [1.29, 1.82) is 0 Å². The van der Waals surface area contributed by atoms with Crippen LogP contribution in [0.3, 0.4) is 0 Å². The van der Waals surface area contributed by atoms with Crippen molar-refractivity contribution in [1.82, 2.24) is 29.6 Å². The van der Waals surface area contributed by atoms with Gasteiger partial charge in [-0.25, -0.2) is 4.98 Å². The van der Waals surface area contributed by atoms with Gasteiger partial charge in [-0.05, 0) is 19.4 Å². The molecule has 0 unspecified atom stereocenters. The Bertz CT molecular complexity index is 569. The quantitative estimate of drug-likeness (QED) is 0.861. The fourth-order valence-corrected chi connectivity index (χ4v) is 3.48. The molecule has 1 saturated heterocycles. The van der Waals surface area contributed by atoms with E-state index in [1.54, 1.807) is 11.8 Å². The number of hydrogen-bond acceptors (Lipinski definition) is 5. The van der Waals surface area contributed by atoms with Gasteiger partial charge in [0.25, 0.3) is 0 Å². The van der Waals surface area contributed by atoms with Crippen molar-refractivity contribution in [2.24, 2.45) is 14.1 Å². The van der Waals surface area contributed by atoms with Crippen LogP contribution in [0.4, 0.5) is 0 Å². The lowest BCUT2D eigenvalue weighted by atomic mass is 9.99. The summed E-state index contributed by atoms with van der Waals surface area (Å²) in [4.78, 5) is 4.13. The SMILES string of the molecule is Cn1cncc1CSc1nnc([C@H]2CCCNC2)n1C. The van der Waals surface area contributed by atoms with E-state index in [9.17, 15) is 0 Å². The molecule has 20 heavy (non-hydrogen) atoms. The van der Waals surface area contributed by atoms with Crippen LogP contribution in [0.25, 0.3) is 0 Å². The van der Waals surface area contributed by atoms with Gasteiger partial charge in [0, 0.05) is 44.2 Å². The third-order valence-electron chi connectivity index (χ3n) is 3.80. The zero-order valence-corrected chi connectivity index (χ0v) is 12.7. The average Bonchev–Trinajstić information content (AvgIpc) is 3.04. The van der Waals surface area contributed by atoms with E-state index in [1.807, 2.05) is 24.1 Å². The minimum absolute atomic E-state index is 0.493. The molecular weight excluding hydrogens is 272 g/mol. The molecule has 1 fully saturated rings. The van der Waals surface area contributed by atoms with Crippen molar-refractivity contribution >= 4 is 11.8 Å². The second kappa shape index (κ2) is 5.97. The number of piperidine rings is 1. The number of rotatable bonds is 4. The van der Waals surface area contributed by atoms with E-state index < -0.39 is 0 Å². The highest BCUT2D eigenvalue weighted by Crippen LogP contribution is 2.26. The Morgan fingerprint density at radius 2 is 2.30 bits per heavy atom. The molecule has 0 saturated carbocycles. The standard InChI is InChI=1S/C13H20N6S/c1-18-9-15-7-11(18)8-20-13-17-16-12(19(13)2)10-4-3-5-14-6-10/h7,9-10,14H,3-6,8H2,1-2H3/t10-/m0/s1. The summed E-state index contributed by atoms with van der Waals surface area (Å²) >= 11 is 1.71. The minimum atomic E-state index is 0.493. The van der Waals surface area contributed by atoms with Crippen molar-refractivity contribution in [2.75, 3.05) is 13.1 Å². The van der Waals surface area contributed by atoms with Gasteiger partial charge < -0.3 is 14.5 Å². The molecule has 3 rings (SSSR count). The highest BCUT2D eigenvalue weighted by molar-refractivity contribution is 7.98. The maximum atomic E-state index is 4.39. The van der Waals surface area contributed by atoms with E-state index in [0.29, 0.717) is 5.92 Å². The Morgan fingerprint density at radius 1 is 1.40 bits per heavy atom. The molecule has 3 heterocycles. The van der Waals surface area contributed by atoms with E-state index in [-0.39, 0.29) is 0 Å². The van der Waals surface area contributed by atoms with Gasteiger partial charge in [0.1, 0.15) is 5.82 Å². The first-order valence-corrected chi connectivity index (χ1v) is 7.92. The van der Waals surface area contributed by atoms with Crippen LogP contribution in [-0.4, -0.2) is 37.4 Å². The maximum Gasteiger partial charge on any atom is 0.191 e. The van der Waals surface area contributed by atoms with Gasteiger partial charge in [0.05, 0.1) is 6.33 Å². The Morgan fingerprint density at radius 3 is 3.00 bits per heavy atom. The van der Waals surface area contributed by atoms with E-state index >= 15 is 0 Å². The Hall–Kier alpha value is -1.34. The molecule has 0 amide bonds. The van der Waals surface area contributed by atoms with Gasteiger partial charge in [-0.15, -0.1) is 10.2 Å². The van der Waals surface area contributed by atoms with Gasteiger partial charge in [0.2, 0.25) is 0 Å². The normalized spacial score (nSPS) is 19.4. The van der Waals surface area contributed by atoms with E-state index in [2.05, 4.69) is 32.1 Å². The fraction of sp³-hybridized carbons (Fsp3) is 0.615. The summed E-state index contributed by atoms with van der Waals surface area (Å²) in [6.45, 7) is 2.13. The molecule has 2 aromatic rings. The van der Waals surface area contributed by atoms with E-state index in [1.165, 1.54) is 18.5 Å². The summed E-state index contributed by atoms with van der Waals surface area (Å²) < 4.78 is 4.17. The van der Waals surface area contributed by atoms with Crippen molar-refractivity contribution in [3.05, 3.63) is 24.0 Å². The smallest absolute Gasteiger partial charge is 0.191 e. The second-order valence-corrected chi connectivity index (χ2v) is 6.17. The topological polar surface area (TPSA) is 60.6 Å². The molecule has 0 radical (unpaired) electrons. The van der Waals surface area contributed by atoms with Crippen molar-refractivity contribution in [3.8, 4) is 0 Å². The average molecular weight is 292 g/mol. The van der Waals surface area contributed by atoms with Crippen LogP contribution in [-0.2, 0) is 19.8 Å². The maximum absolute atomic E-state index is 4.39. The third kappa shape index (κ3) is 2.73. The first-order chi connectivity index (χ1) is 9.75. The highest BCUT2D eigenvalue weighted by atomic mass is 32.2. The summed E-state index contributed by atoms with van der Waals surface area (Å²) in [5.41, 5.74) is 1.19. The number of hydrogen-bond donors (Lipinski definition) is 1. The van der Waals surface area contributed by atoms with Crippen LogP contribution in [0.2, 0.25) is 0 Å². The van der Waals surface area contributed by atoms with E-state index in [4.69, 9.17) is 0 Å². The predicted molar refractivity (Wildman–Crippen MR) is 78.6 cm³/mol. The lowest BCUT2D eigenvalue weighted by Gasteiger charge is -2.21. The minimum Gasteiger partial charge on any atom is -0.337 e. The Labute approximate surface area is 123 Å². The molecule has 7 heteroatoms. The molecule has 1 atom stereocenters. The number of aromatic nitrogens is 5. The third-order valence-corrected chi connectivity index (χ3v) is 4.85. The monoisotopic (exact) mass is 292 g/mol. The molecule has 0 spiro atoms. The van der Waals surface area contributed by atoms with Crippen molar-refractivity contribution < 1.29 is 0 Å². The van der Waals surface area contributed by atoms with Crippen LogP contribution >= 0.6 is 11.8 Å². The first kappa shape index (κ1) is 13.6. The van der Waals surface area contributed by atoms with Crippen LogP contribution in [0.15, 0.2) is 17.7 Å². The fourth-order valence-electron chi connectivity index (χ4n) is 2.54. The number of aryl methyl sites for hydroxylation is 1. The van der Waals surface area contributed by atoms with Crippen LogP contribution in [0, 0.1) is 0 Å². The van der Waals surface area contributed by atoms with Gasteiger partial charge >= 0.3 is 0 Å². The summed E-state index contributed by atoms with van der Waals surface area (Å²) in [5, 5.41) is 13.1. The summed E-state index contributed by atoms with van der Waals surface area (Å²) in [6, 6.07) is 0. The highest BCUT2D eigenvalue weighted by Gasteiger charge is 2.21. The number of imidazole rings is 1. The largest absolute Gasteiger partial charge is 0.337 e. The van der Waals surface area contributed by atoms with Crippen LogP contribution in [0.1, 0.15) is 30.3 Å². The molecule has 0 bridgehead atoms. The first-order valence-electron chi connectivity index (χ1n) is 6.93. The second-order valence-electron chi connectivity index (χ2n) is 5.23. The summed E-state index contributed by atoms with van der Waals surface area (Å²) in [5.74, 6) is 2.46. The Balaban J connectivity index is 1.68. The van der Waals surface area contributed by atoms with Crippen LogP contribution in [0.5, 0.6) is 0 Å². The zero-order chi connectivity index (χ0) is 13.9. The predicted octanol–water partition coefficient (Wildman–Crippen LogP) is 1.31. The molecule has 1 N–H and O–H groups in total.